The molecule has 2 N–H and O–H groups in total. The molecule has 1 atom stereocenters. The van der Waals surface area contributed by atoms with Crippen molar-refractivity contribution in [2.45, 2.75) is 45.3 Å². The SMILES string of the molecule is CCCCOC(=O)N1CCN(C(=O)[C@H](CCC(=O)O)NC(=O)c2cc(OCC(=O)OCc3ccccc3)n(-c3ccccc3)n2)CC1. The Morgan fingerprint density at radius 3 is 2.23 bits per heavy atom. The van der Waals surface area contributed by atoms with Gasteiger partial charge in [-0.15, -0.1) is 0 Å². The number of aliphatic carboxylic acids is 1. The third-order valence-electron chi connectivity index (χ3n) is 7.31. The normalized spacial score (nSPS) is 13.4. The number of esters is 1. The highest BCUT2D eigenvalue weighted by Crippen LogP contribution is 2.20. The van der Waals surface area contributed by atoms with Gasteiger partial charge in [-0.05, 0) is 30.5 Å². The molecule has 1 aromatic heterocycles. The summed E-state index contributed by atoms with van der Waals surface area (Å²) < 4.78 is 17.6. The molecule has 250 valence electrons. The summed E-state index contributed by atoms with van der Waals surface area (Å²) in [4.78, 5) is 66.0. The van der Waals surface area contributed by atoms with Crippen molar-refractivity contribution in [1.29, 1.82) is 0 Å². The van der Waals surface area contributed by atoms with E-state index in [9.17, 15) is 29.1 Å². The van der Waals surface area contributed by atoms with Crippen LogP contribution in [0.25, 0.3) is 5.69 Å². The fourth-order valence-electron chi connectivity index (χ4n) is 4.73. The summed E-state index contributed by atoms with van der Waals surface area (Å²) >= 11 is 0. The van der Waals surface area contributed by atoms with Crippen LogP contribution in [0.15, 0.2) is 66.7 Å². The number of aromatic nitrogens is 2. The Morgan fingerprint density at radius 2 is 1.57 bits per heavy atom. The van der Waals surface area contributed by atoms with E-state index in [1.54, 1.807) is 30.3 Å². The minimum atomic E-state index is -1.17. The number of carboxylic acids is 1. The Labute approximate surface area is 272 Å². The molecule has 2 heterocycles. The Hall–Kier alpha value is -5.40. The van der Waals surface area contributed by atoms with Crippen LogP contribution in [0.3, 0.4) is 0 Å². The lowest BCUT2D eigenvalue weighted by atomic mass is 10.1. The first-order valence-corrected chi connectivity index (χ1v) is 15.5. The molecule has 3 amide bonds. The number of unbranched alkanes of at least 4 members (excludes halogenated alkanes) is 1. The van der Waals surface area contributed by atoms with Gasteiger partial charge in [-0.1, -0.05) is 61.9 Å². The summed E-state index contributed by atoms with van der Waals surface area (Å²) in [5, 5.41) is 16.3. The van der Waals surface area contributed by atoms with E-state index < -0.39 is 42.5 Å². The topological polar surface area (TPSA) is 170 Å². The van der Waals surface area contributed by atoms with Crippen molar-refractivity contribution >= 4 is 29.8 Å². The van der Waals surface area contributed by atoms with Crippen LogP contribution >= 0.6 is 0 Å². The van der Waals surface area contributed by atoms with E-state index in [2.05, 4.69) is 10.4 Å². The van der Waals surface area contributed by atoms with Crippen LogP contribution < -0.4 is 10.1 Å². The molecule has 0 saturated carbocycles. The zero-order valence-electron chi connectivity index (χ0n) is 26.2. The van der Waals surface area contributed by atoms with Crippen molar-refractivity contribution in [1.82, 2.24) is 24.9 Å². The number of nitrogens with one attached hydrogen (secondary N) is 1. The van der Waals surface area contributed by atoms with Gasteiger partial charge >= 0.3 is 18.0 Å². The summed E-state index contributed by atoms with van der Waals surface area (Å²) in [6.07, 6.45) is 0.683. The Morgan fingerprint density at radius 1 is 0.915 bits per heavy atom. The van der Waals surface area contributed by atoms with E-state index in [-0.39, 0.29) is 57.2 Å². The summed E-state index contributed by atoms with van der Waals surface area (Å²) in [6, 6.07) is 18.1. The fourth-order valence-corrected chi connectivity index (χ4v) is 4.73. The Kier molecular flexibility index (Phi) is 12.7. The second-order valence-corrected chi connectivity index (χ2v) is 10.8. The molecular formula is C33H39N5O9. The Bertz CT molecular complexity index is 1510. The number of carbonyl (C=O) groups excluding carboxylic acids is 4. The molecule has 0 bridgehead atoms. The number of carbonyl (C=O) groups is 5. The molecule has 1 saturated heterocycles. The molecule has 0 radical (unpaired) electrons. The van der Waals surface area contributed by atoms with Crippen LogP contribution in [0.4, 0.5) is 4.79 Å². The fraction of sp³-hybridized carbons (Fsp3) is 0.394. The van der Waals surface area contributed by atoms with Crippen molar-refractivity contribution in [3.05, 3.63) is 78.0 Å². The molecule has 4 rings (SSSR count). The van der Waals surface area contributed by atoms with Crippen LogP contribution in [0, 0.1) is 0 Å². The van der Waals surface area contributed by atoms with Gasteiger partial charge in [0.1, 0.15) is 12.6 Å². The van der Waals surface area contributed by atoms with Gasteiger partial charge in [0.05, 0.1) is 12.3 Å². The van der Waals surface area contributed by atoms with Crippen molar-refractivity contribution < 1.29 is 43.3 Å². The number of hydrogen-bond acceptors (Lipinski definition) is 9. The lowest BCUT2D eigenvalue weighted by molar-refractivity contribution is -0.147. The van der Waals surface area contributed by atoms with Crippen LogP contribution in [-0.2, 0) is 30.5 Å². The van der Waals surface area contributed by atoms with Crippen molar-refractivity contribution in [2.75, 3.05) is 39.4 Å². The number of piperazine rings is 1. The van der Waals surface area contributed by atoms with E-state index in [4.69, 9.17) is 14.2 Å². The first-order valence-electron chi connectivity index (χ1n) is 15.5. The smallest absolute Gasteiger partial charge is 0.409 e. The highest BCUT2D eigenvalue weighted by Gasteiger charge is 2.31. The number of carboxylic acid groups (broad SMARTS) is 1. The largest absolute Gasteiger partial charge is 0.481 e. The molecule has 14 heteroatoms. The second-order valence-electron chi connectivity index (χ2n) is 10.8. The molecule has 0 aliphatic carbocycles. The van der Waals surface area contributed by atoms with Gasteiger partial charge in [0.2, 0.25) is 11.8 Å². The van der Waals surface area contributed by atoms with Crippen molar-refractivity contribution in [3.63, 3.8) is 0 Å². The van der Waals surface area contributed by atoms with E-state index in [1.807, 2.05) is 37.3 Å². The summed E-state index contributed by atoms with van der Waals surface area (Å²) in [5.74, 6) is -2.89. The Balaban J connectivity index is 1.43. The highest BCUT2D eigenvalue weighted by atomic mass is 16.6. The van der Waals surface area contributed by atoms with Crippen molar-refractivity contribution in [3.8, 4) is 11.6 Å². The maximum absolute atomic E-state index is 13.5. The van der Waals surface area contributed by atoms with Crippen LogP contribution in [0.5, 0.6) is 5.88 Å². The minimum Gasteiger partial charge on any atom is -0.481 e. The van der Waals surface area contributed by atoms with E-state index >= 15 is 0 Å². The zero-order valence-corrected chi connectivity index (χ0v) is 26.2. The number of ether oxygens (including phenoxy) is 3. The average Bonchev–Trinajstić information content (AvgIpc) is 3.53. The molecular weight excluding hydrogens is 610 g/mol. The lowest BCUT2D eigenvalue weighted by Gasteiger charge is -2.36. The van der Waals surface area contributed by atoms with Gasteiger partial charge in [0, 0.05) is 38.7 Å². The molecule has 47 heavy (non-hydrogen) atoms. The van der Waals surface area contributed by atoms with Crippen LogP contribution in [0.1, 0.15) is 48.7 Å². The number of amides is 3. The van der Waals surface area contributed by atoms with Gasteiger partial charge in [-0.2, -0.15) is 5.10 Å². The molecule has 1 aliphatic rings. The molecule has 0 unspecified atom stereocenters. The maximum Gasteiger partial charge on any atom is 0.409 e. The number of benzene rings is 2. The number of nitrogens with zero attached hydrogens (tertiary/aromatic N) is 4. The molecule has 2 aromatic carbocycles. The third-order valence-corrected chi connectivity index (χ3v) is 7.31. The minimum absolute atomic E-state index is 0.0679. The van der Waals surface area contributed by atoms with Gasteiger partial charge in [0.15, 0.2) is 12.3 Å². The van der Waals surface area contributed by atoms with Crippen molar-refractivity contribution in [2.24, 2.45) is 0 Å². The standard InChI is InChI=1S/C33H39N5O9/c1-2-3-20-45-33(44)37-18-16-36(17-19-37)32(43)26(14-15-29(39)40)34-31(42)27-21-28(38(35-27)25-12-8-5-9-13-25)46-23-30(41)47-22-24-10-6-4-7-11-24/h4-13,21,26H,2-3,14-20,22-23H2,1H3,(H,34,42)(H,39,40)/t26-/m0/s1. The summed E-state index contributed by atoms with van der Waals surface area (Å²) in [6.45, 7) is 2.81. The first-order chi connectivity index (χ1) is 22.7. The molecule has 1 fully saturated rings. The third kappa shape index (κ3) is 10.3. The van der Waals surface area contributed by atoms with Gasteiger partial charge < -0.3 is 34.4 Å². The zero-order chi connectivity index (χ0) is 33.6. The van der Waals surface area contributed by atoms with E-state index in [1.165, 1.54) is 20.5 Å². The predicted molar refractivity (Wildman–Crippen MR) is 168 cm³/mol. The average molecular weight is 650 g/mol. The summed E-state index contributed by atoms with van der Waals surface area (Å²) in [5.41, 5.74) is 1.24. The molecule has 0 spiro atoms. The summed E-state index contributed by atoms with van der Waals surface area (Å²) in [7, 11) is 0. The second kappa shape index (κ2) is 17.3. The number of hydrogen-bond donors (Lipinski definition) is 2. The predicted octanol–water partition coefficient (Wildman–Crippen LogP) is 3.04. The highest BCUT2D eigenvalue weighted by molar-refractivity contribution is 5.96. The monoisotopic (exact) mass is 649 g/mol. The first kappa shape index (κ1) is 34.5. The van der Waals surface area contributed by atoms with Crippen LogP contribution in [-0.4, -0.2) is 100.0 Å². The van der Waals surface area contributed by atoms with Gasteiger partial charge in [-0.25, -0.2) is 14.3 Å². The molecule has 14 nitrogen and oxygen atoms in total. The number of para-hydroxylation sites is 1. The van der Waals surface area contributed by atoms with Gasteiger partial charge in [0.25, 0.3) is 5.91 Å². The lowest BCUT2D eigenvalue weighted by Crippen LogP contribution is -2.56. The molecule has 1 aliphatic heterocycles. The van der Waals surface area contributed by atoms with E-state index in [0.717, 1.165) is 18.4 Å². The number of rotatable bonds is 15. The molecule has 3 aromatic rings. The quantitative estimate of drug-likeness (QED) is 0.184. The van der Waals surface area contributed by atoms with Crippen LogP contribution in [0.2, 0.25) is 0 Å². The maximum atomic E-state index is 13.5. The van der Waals surface area contributed by atoms with Gasteiger partial charge in [-0.3, -0.25) is 14.4 Å². The van der Waals surface area contributed by atoms with E-state index in [0.29, 0.717) is 12.3 Å².